The fraction of sp³-hybridized carbons (Fsp3) is 0.250. The Balaban J connectivity index is 1.40. The van der Waals surface area contributed by atoms with Gasteiger partial charge in [0.2, 0.25) is 11.8 Å². The van der Waals surface area contributed by atoms with Crippen LogP contribution in [0.2, 0.25) is 0 Å². The van der Waals surface area contributed by atoms with Gasteiger partial charge in [-0.2, -0.15) is 4.09 Å². The third-order valence-corrected chi connectivity index (χ3v) is 6.70. The number of aromatic nitrogens is 5. The number of fused-ring (bicyclic) bond motifs is 1. The normalized spacial score (nSPS) is 11.4. The molecule has 0 amide bonds. The lowest BCUT2D eigenvalue weighted by Crippen LogP contribution is -2.11. The van der Waals surface area contributed by atoms with Crippen LogP contribution in [0.15, 0.2) is 54.0 Å². The van der Waals surface area contributed by atoms with E-state index in [9.17, 15) is 8.42 Å². The molecule has 4 aromatic rings. The van der Waals surface area contributed by atoms with E-state index in [0.29, 0.717) is 57.5 Å². The molecule has 0 saturated carbocycles. The molecule has 3 heterocycles. The van der Waals surface area contributed by atoms with Gasteiger partial charge < -0.3 is 14.2 Å². The van der Waals surface area contributed by atoms with E-state index in [2.05, 4.69) is 42.6 Å². The Morgan fingerprint density at radius 3 is 2.53 bits per heavy atom. The molecule has 0 bridgehead atoms. The summed E-state index contributed by atoms with van der Waals surface area (Å²) in [6.45, 7) is 4.68. The highest BCUT2D eigenvalue weighted by Crippen LogP contribution is 2.33. The van der Waals surface area contributed by atoms with Gasteiger partial charge in [-0.05, 0) is 47.0 Å². The number of unbranched alkanes of at least 4 members (excludes halogenated alkanes) is 1. The van der Waals surface area contributed by atoms with Crippen molar-refractivity contribution in [3.05, 3.63) is 59.6 Å². The Bertz CT molecular complexity index is 1510. The average molecular weight is 574 g/mol. The summed E-state index contributed by atoms with van der Waals surface area (Å²) in [6, 6.07) is 9.34. The van der Waals surface area contributed by atoms with Crippen LogP contribution in [0.1, 0.15) is 18.4 Å². The molecule has 188 valence electrons. The molecule has 0 aliphatic carbocycles. The van der Waals surface area contributed by atoms with Gasteiger partial charge >= 0.3 is 0 Å². The fourth-order valence-electron chi connectivity index (χ4n) is 3.53. The second-order valence-electron chi connectivity index (χ2n) is 7.69. The highest BCUT2D eigenvalue weighted by molar-refractivity contribution is 9.10. The van der Waals surface area contributed by atoms with E-state index in [1.54, 1.807) is 12.1 Å². The SMILES string of the molecule is C=Cc1c(OC)ncnc1OCCCCOc1ccccc1-c1cc2c(Br)nn(S(C)(=O)=O)c2cn1. The number of pyridine rings is 1. The van der Waals surface area contributed by atoms with Gasteiger partial charge in [0.15, 0.2) is 0 Å². The third-order valence-electron chi connectivity index (χ3n) is 5.21. The second kappa shape index (κ2) is 11.0. The number of ether oxygens (including phenoxy) is 3. The Hall–Kier alpha value is -3.51. The van der Waals surface area contributed by atoms with E-state index in [1.165, 1.54) is 19.6 Å². The number of hydrogen-bond acceptors (Lipinski definition) is 9. The maximum absolute atomic E-state index is 12.0. The van der Waals surface area contributed by atoms with Crippen LogP contribution in [0.4, 0.5) is 0 Å². The first-order chi connectivity index (χ1) is 17.3. The van der Waals surface area contributed by atoms with Crippen molar-refractivity contribution in [2.24, 2.45) is 0 Å². The smallest absolute Gasteiger partial charge is 0.251 e. The van der Waals surface area contributed by atoms with Gasteiger partial charge in [-0.3, -0.25) is 4.98 Å². The molecule has 0 saturated heterocycles. The quantitative estimate of drug-likeness (QED) is 0.241. The van der Waals surface area contributed by atoms with Crippen LogP contribution in [0.3, 0.4) is 0 Å². The summed E-state index contributed by atoms with van der Waals surface area (Å²) in [6.07, 6.45) is 7.07. The number of rotatable bonds is 11. The lowest BCUT2D eigenvalue weighted by molar-refractivity contribution is 0.259. The first-order valence-electron chi connectivity index (χ1n) is 10.9. The van der Waals surface area contributed by atoms with Crippen LogP contribution in [-0.4, -0.2) is 59.1 Å². The van der Waals surface area contributed by atoms with Gasteiger partial charge in [-0.1, -0.05) is 24.8 Å². The maximum Gasteiger partial charge on any atom is 0.251 e. The molecule has 3 aromatic heterocycles. The molecule has 0 spiro atoms. The van der Waals surface area contributed by atoms with Gasteiger partial charge in [-0.15, -0.1) is 5.10 Å². The standard InChI is InChI=1S/C24H24BrN5O5S/c1-4-16-23(33-2)27-15-28-24(16)35-12-8-7-11-34-21-10-6-5-9-17(21)19-13-18-20(14-26-19)30(29-22(18)25)36(3,31)32/h4-6,9-10,13-15H,1,7-8,11-12H2,2-3H3. The van der Waals surface area contributed by atoms with Crippen molar-refractivity contribution in [2.45, 2.75) is 12.8 Å². The first kappa shape index (κ1) is 25.6. The van der Waals surface area contributed by atoms with Crippen molar-refractivity contribution >= 4 is 42.9 Å². The molecule has 10 nitrogen and oxygen atoms in total. The van der Waals surface area contributed by atoms with Gasteiger partial charge in [0, 0.05) is 10.9 Å². The van der Waals surface area contributed by atoms with Gasteiger partial charge in [-0.25, -0.2) is 18.4 Å². The first-order valence-corrected chi connectivity index (χ1v) is 13.6. The lowest BCUT2D eigenvalue weighted by Gasteiger charge is -2.12. The third kappa shape index (κ3) is 5.49. The number of nitrogens with zero attached hydrogens (tertiary/aromatic N) is 5. The van der Waals surface area contributed by atoms with Crippen molar-refractivity contribution in [3.8, 4) is 28.8 Å². The van der Waals surface area contributed by atoms with E-state index in [4.69, 9.17) is 14.2 Å². The molecule has 36 heavy (non-hydrogen) atoms. The predicted molar refractivity (Wildman–Crippen MR) is 140 cm³/mol. The Labute approximate surface area is 217 Å². The number of hydrogen-bond donors (Lipinski definition) is 0. The molecular weight excluding hydrogens is 550 g/mol. The molecule has 12 heteroatoms. The highest BCUT2D eigenvalue weighted by Gasteiger charge is 2.18. The van der Waals surface area contributed by atoms with Crippen molar-refractivity contribution in [1.82, 2.24) is 24.1 Å². The zero-order valence-electron chi connectivity index (χ0n) is 19.7. The average Bonchev–Trinajstić information content (AvgIpc) is 3.22. The molecule has 0 atom stereocenters. The summed E-state index contributed by atoms with van der Waals surface area (Å²) >= 11 is 3.35. The van der Waals surface area contributed by atoms with Crippen molar-refractivity contribution in [1.29, 1.82) is 0 Å². The van der Waals surface area contributed by atoms with Crippen LogP contribution in [0.5, 0.6) is 17.5 Å². The zero-order valence-corrected chi connectivity index (χ0v) is 22.1. The van der Waals surface area contributed by atoms with Crippen molar-refractivity contribution < 1.29 is 22.6 Å². The predicted octanol–water partition coefficient (Wildman–Crippen LogP) is 4.35. The summed E-state index contributed by atoms with van der Waals surface area (Å²) in [7, 11) is -2.03. The second-order valence-corrected chi connectivity index (χ2v) is 10.3. The Morgan fingerprint density at radius 1 is 1.08 bits per heavy atom. The van der Waals surface area contributed by atoms with Crippen LogP contribution in [-0.2, 0) is 10.0 Å². The summed E-state index contributed by atoms with van der Waals surface area (Å²) in [4.78, 5) is 12.7. The molecule has 1 aromatic carbocycles. The summed E-state index contributed by atoms with van der Waals surface area (Å²) in [5.41, 5.74) is 2.44. The van der Waals surface area contributed by atoms with E-state index >= 15 is 0 Å². The molecule has 0 radical (unpaired) electrons. The minimum absolute atomic E-state index is 0.396. The number of para-hydroxylation sites is 1. The fourth-order valence-corrected chi connectivity index (χ4v) is 4.84. The zero-order chi connectivity index (χ0) is 25.7. The summed E-state index contributed by atoms with van der Waals surface area (Å²) in [5, 5.41) is 4.72. The molecule has 0 aliphatic heterocycles. The van der Waals surface area contributed by atoms with Gasteiger partial charge in [0.05, 0.1) is 44.0 Å². The molecule has 4 rings (SSSR count). The van der Waals surface area contributed by atoms with Gasteiger partial charge in [0.25, 0.3) is 10.0 Å². The molecule has 0 unspecified atom stereocenters. The summed E-state index contributed by atoms with van der Waals surface area (Å²) < 4.78 is 42.4. The largest absolute Gasteiger partial charge is 0.493 e. The van der Waals surface area contributed by atoms with Crippen molar-refractivity contribution in [3.63, 3.8) is 0 Å². The van der Waals surface area contributed by atoms with E-state index in [1.807, 2.05) is 24.3 Å². The van der Waals surface area contributed by atoms with E-state index < -0.39 is 10.0 Å². The van der Waals surface area contributed by atoms with E-state index in [0.717, 1.165) is 28.7 Å². The summed E-state index contributed by atoms with van der Waals surface area (Å²) in [5.74, 6) is 1.51. The topological polar surface area (TPSA) is 118 Å². The highest BCUT2D eigenvalue weighted by atomic mass is 79.9. The van der Waals surface area contributed by atoms with Crippen LogP contribution >= 0.6 is 15.9 Å². The Kier molecular flexibility index (Phi) is 7.85. The molecular formula is C24H24BrN5O5S. The minimum Gasteiger partial charge on any atom is -0.493 e. The van der Waals surface area contributed by atoms with Crippen LogP contribution < -0.4 is 14.2 Å². The Morgan fingerprint density at radius 2 is 1.81 bits per heavy atom. The molecule has 0 N–H and O–H groups in total. The van der Waals surface area contributed by atoms with Crippen molar-refractivity contribution in [2.75, 3.05) is 26.6 Å². The van der Waals surface area contributed by atoms with Crippen LogP contribution in [0.25, 0.3) is 28.2 Å². The number of benzene rings is 1. The molecule has 0 aliphatic rings. The van der Waals surface area contributed by atoms with E-state index in [-0.39, 0.29) is 0 Å². The monoisotopic (exact) mass is 573 g/mol. The lowest BCUT2D eigenvalue weighted by atomic mass is 10.1. The van der Waals surface area contributed by atoms with Gasteiger partial charge in [0.1, 0.15) is 22.2 Å². The number of halogens is 1. The maximum atomic E-state index is 12.0. The minimum atomic E-state index is -3.56. The number of methoxy groups -OCH3 is 1. The molecule has 0 fully saturated rings. The van der Waals surface area contributed by atoms with Crippen LogP contribution in [0, 0.1) is 0 Å².